The van der Waals surface area contributed by atoms with Crippen LogP contribution in [0.25, 0.3) is 10.8 Å². The minimum atomic E-state index is 0.0940. The first-order chi connectivity index (χ1) is 9.53. The Kier molecular flexibility index (Phi) is 4.90. The lowest BCUT2D eigenvalue weighted by Gasteiger charge is -2.25. The van der Waals surface area contributed by atoms with Crippen molar-refractivity contribution in [3.05, 3.63) is 41.4 Å². The molecule has 0 bridgehead atoms. The van der Waals surface area contributed by atoms with Gasteiger partial charge in [-0.15, -0.1) is 0 Å². The van der Waals surface area contributed by atoms with Crippen molar-refractivity contribution in [1.29, 1.82) is 0 Å². The van der Waals surface area contributed by atoms with E-state index in [0.717, 1.165) is 34.6 Å². The standard InChI is InChI=1S/C17H22ClNO/c1-4-19-11-17(2,3)12-20-16-10-9-15(18)13-7-5-6-8-14(13)16/h5-10,19H,4,11-12H2,1-3H3. The molecule has 2 nitrogen and oxygen atoms in total. The van der Waals surface area contributed by atoms with Crippen LogP contribution in [0.2, 0.25) is 5.02 Å². The van der Waals surface area contributed by atoms with Crippen LogP contribution in [-0.2, 0) is 0 Å². The van der Waals surface area contributed by atoms with Crippen LogP contribution in [0.15, 0.2) is 36.4 Å². The second-order valence-electron chi connectivity index (χ2n) is 5.82. The number of benzene rings is 2. The number of hydrogen-bond acceptors (Lipinski definition) is 2. The molecule has 0 aliphatic heterocycles. The average molecular weight is 292 g/mol. The van der Waals surface area contributed by atoms with E-state index in [0.29, 0.717) is 6.61 Å². The fraction of sp³-hybridized carbons (Fsp3) is 0.412. The monoisotopic (exact) mass is 291 g/mol. The van der Waals surface area contributed by atoms with Crippen molar-refractivity contribution in [2.24, 2.45) is 5.41 Å². The lowest BCUT2D eigenvalue weighted by atomic mass is 9.95. The van der Waals surface area contributed by atoms with Crippen molar-refractivity contribution in [1.82, 2.24) is 5.32 Å². The highest BCUT2D eigenvalue weighted by Gasteiger charge is 2.18. The van der Waals surface area contributed by atoms with Crippen molar-refractivity contribution < 1.29 is 4.74 Å². The van der Waals surface area contributed by atoms with Gasteiger partial charge in [0.25, 0.3) is 0 Å². The van der Waals surface area contributed by atoms with Gasteiger partial charge in [-0.2, -0.15) is 0 Å². The van der Waals surface area contributed by atoms with E-state index in [1.54, 1.807) is 0 Å². The predicted molar refractivity (Wildman–Crippen MR) is 86.8 cm³/mol. The molecule has 0 radical (unpaired) electrons. The molecule has 2 aromatic carbocycles. The Balaban J connectivity index is 2.16. The minimum Gasteiger partial charge on any atom is -0.492 e. The molecule has 0 aliphatic rings. The highest BCUT2D eigenvalue weighted by molar-refractivity contribution is 6.35. The fourth-order valence-electron chi connectivity index (χ4n) is 2.15. The van der Waals surface area contributed by atoms with E-state index in [4.69, 9.17) is 16.3 Å². The van der Waals surface area contributed by atoms with Gasteiger partial charge in [-0.1, -0.05) is 56.6 Å². The number of fused-ring (bicyclic) bond motifs is 1. The molecule has 0 atom stereocenters. The van der Waals surface area contributed by atoms with Gasteiger partial charge >= 0.3 is 0 Å². The summed E-state index contributed by atoms with van der Waals surface area (Å²) in [6.45, 7) is 9.11. The van der Waals surface area contributed by atoms with Gasteiger partial charge in [0.15, 0.2) is 0 Å². The molecule has 1 N–H and O–H groups in total. The Morgan fingerprint density at radius 1 is 1.10 bits per heavy atom. The normalized spacial score (nSPS) is 11.8. The third-order valence-electron chi connectivity index (χ3n) is 3.30. The molecule has 0 spiro atoms. The Labute approximate surface area is 126 Å². The number of halogens is 1. The number of nitrogens with one attached hydrogen (secondary N) is 1. The fourth-order valence-corrected chi connectivity index (χ4v) is 2.38. The highest BCUT2D eigenvalue weighted by atomic mass is 35.5. The number of hydrogen-bond donors (Lipinski definition) is 1. The SMILES string of the molecule is CCNCC(C)(C)COc1ccc(Cl)c2ccccc12. The molecule has 3 heteroatoms. The van der Waals surface area contributed by atoms with Crippen molar-refractivity contribution >= 4 is 22.4 Å². The van der Waals surface area contributed by atoms with E-state index >= 15 is 0 Å². The van der Waals surface area contributed by atoms with Gasteiger partial charge < -0.3 is 10.1 Å². The molecule has 0 aromatic heterocycles. The van der Waals surface area contributed by atoms with Crippen LogP contribution in [0, 0.1) is 5.41 Å². The van der Waals surface area contributed by atoms with E-state index in [1.165, 1.54) is 0 Å². The molecule has 0 saturated heterocycles. The summed E-state index contributed by atoms with van der Waals surface area (Å²) in [4.78, 5) is 0. The van der Waals surface area contributed by atoms with Gasteiger partial charge in [0.2, 0.25) is 0 Å². The first-order valence-electron chi connectivity index (χ1n) is 7.04. The quantitative estimate of drug-likeness (QED) is 0.845. The topological polar surface area (TPSA) is 21.3 Å². The molecular weight excluding hydrogens is 270 g/mol. The summed E-state index contributed by atoms with van der Waals surface area (Å²) in [5.41, 5.74) is 0.0940. The van der Waals surface area contributed by atoms with Crippen LogP contribution in [0.4, 0.5) is 0 Å². The van der Waals surface area contributed by atoms with Gasteiger partial charge in [-0.3, -0.25) is 0 Å². The van der Waals surface area contributed by atoms with Crippen molar-refractivity contribution in [3.63, 3.8) is 0 Å². The third kappa shape index (κ3) is 3.65. The zero-order valence-corrected chi connectivity index (χ0v) is 13.1. The Bertz CT molecular complexity index is 580. The molecule has 0 unspecified atom stereocenters. The maximum atomic E-state index is 6.22. The lowest BCUT2D eigenvalue weighted by Crippen LogP contribution is -2.34. The smallest absolute Gasteiger partial charge is 0.127 e. The van der Waals surface area contributed by atoms with Gasteiger partial charge in [-0.25, -0.2) is 0 Å². The summed E-state index contributed by atoms with van der Waals surface area (Å²) >= 11 is 6.22. The van der Waals surface area contributed by atoms with Crippen LogP contribution >= 0.6 is 11.6 Å². The Morgan fingerprint density at radius 2 is 1.80 bits per heavy atom. The number of ether oxygens (including phenoxy) is 1. The summed E-state index contributed by atoms with van der Waals surface area (Å²) in [6.07, 6.45) is 0. The first-order valence-corrected chi connectivity index (χ1v) is 7.42. The van der Waals surface area contributed by atoms with Crippen molar-refractivity contribution in [3.8, 4) is 5.75 Å². The van der Waals surface area contributed by atoms with Crippen molar-refractivity contribution in [2.75, 3.05) is 19.7 Å². The molecule has 2 aromatic rings. The molecule has 108 valence electrons. The molecular formula is C17H22ClNO. The second kappa shape index (κ2) is 6.47. The average Bonchev–Trinajstić information content (AvgIpc) is 2.45. The summed E-state index contributed by atoms with van der Waals surface area (Å²) < 4.78 is 6.04. The van der Waals surface area contributed by atoms with E-state index in [1.807, 2.05) is 36.4 Å². The summed E-state index contributed by atoms with van der Waals surface area (Å²) in [5, 5.41) is 6.24. The summed E-state index contributed by atoms with van der Waals surface area (Å²) in [6, 6.07) is 11.9. The summed E-state index contributed by atoms with van der Waals surface area (Å²) in [7, 11) is 0. The van der Waals surface area contributed by atoms with E-state index in [2.05, 4.69) is 26.1 Å². The molecule has 0 fully saturated rings. The molecule has 20 heavy (non-hydrogen) atoms. The van der Waals surface area contributed by atoms with Crippen LogP contribution in [-0.4, -0.2) is 19.7 Å². The van der Waals surface area contributed by atoms with Gasteiger partial charge in [0.1, 0.15) is 5.75 Å². The maximum absolute atomic E-state index is 6.22. The molecule has 2 rings (SSSR count). The van der Waals surface area contributed by atoms with E-state index < -0.39 is 0 Å². The Morgan fingerprint density at radius 3 is 2.50 bits per heavy atom. The highest BCUT2D eigenvalue weighted by Crippen LogP contribution is 2.32. The third-order valence-corrected chi connectivity index (χ3v) is 3.63. The van der Waals surface area contributed by atoms with Crippen LogP contribution in [0.3, 0.4) is 0 Å². The summed E-state index contributed by atoms with van der Waals surface area (Å²) in [5.74, 6) is 0.898. The molecule has 0 aliphatic carbocycles. The first kappa shape index (κ1) is 15.1. The van der Waals surface area contributed by atoms with Gasteiger partial charge in [0, 0.05) is 27.8 Å². The Hall–Kier alpha value is -1.25. The lowest BCUT2D eigenvalue weighted by molar-refractivity contribution is 0.179. The zero-order valence-electron chi connectivity index (χ0n) is 12.4. The van der Waals surface area contributed by atoms with E-state index in [9.17, 15) is 0 Å². The molecule has 0 heterocycles. The van der Waals surface area contributed by atoms with Crippen LogP contribution in [0.5, 0.6) is 5.75 Å². The molecule has 0 saturated carbocycles. The predicted octanol–water partition coefficient (Wildman–Crippen LogP) is 4.51. The number of rotatable bonds is 6. The second-order valence-corrected chi connectivity index (χ2v) is 6.23. The van der Waals surface area contributed by atoms with Crippen LogP contribution in [0.1, 0.15) is 20.8 Å². The molecule has 0 amide bonds. The maximum Gasteiger partial charge on any atom is 0.127 e. The van der Waals surface area contributed by atoms with Gasteiger partial charge in [-0.05, 0) is 18.7 Å². The minimum absolute atomic E-state index is 0.0940. The van der Waals surface area contributed by atoms with E-state index in [-0.39, 0.29) is 5.41 Å². The zero-order chi connectivity index (χ0) is 14.6. The van der Waals surface area contributed by atoms with Crippen molar-refractivity contribution in [2.45, 2.75) is 20.8 Å². The van der Waals surface area contributed by atoms with Gasteiger partial charge in [0.05, 0.1) is 6.61 Å². The largest absolute Gasteiger partial charge is 0.492 e. The van der Waals surface area contributed by atoms with Crippen LogP contribution < -0.4 is 10.1 Å².